The molecule has 1 aromatic carbocycles. The van der Waals surface area contributed by atoms with E-state index in [0.717, 1.165) is 5.56 Å². The van der Waals surface area contributed by atoms with Crippen LogP contribution in [-0.2, 0) is 11.3 Å². The molecule has 1 amide bonds. The van der Waals surface area contributed by atoms with Crippen LogP contribution in [0.4, 0.5) is 18.9 Å². The van der Waals surface area contributed by atoms with Gasteiger partial charge in [0.25, 0.3) is 0 Å². The lowest BCUT2D eigenvalue weighted by atomic mass is 10.1. The Morgan fingerprint density at radius 2 is 2.15 bits per heavy atom. The van der Waals surface area contributed by atoms with Gasteiger partial charge in [-0.25, -0.2) is 0 Å². The van der Waals surface area contributed by atoms with E-state index in [1.807, 2.05) is 0 Å². The molecule has 0 aliphatic carbocycles. The average Bonchev–Trinajstić information content (AvgIpc) is 2.38. The second-order valence-corrected chi connectivity index (χ2v) is 4.31. The Balaban J connectivity index is 2.58. The molecule has 0 aromatic heterocycles. The molecule has 4 nitrogen and oxygen atoms in total. The second-order valence-electron chi connectivity index (χ2n) is 4.31. The fourth-order valence-electron chi connectivity index (χ4n) is 1.44. The van der Waals surface area contributed by atoms with Crippen LogP contribution in [-0.4, -0.2) is 18.6 Å². The van der Waals surface area contributed by atoms with Crippen molar-refractivity contribution in [1.82, 2.24) is 5.32 Å². The summed E-state index contributed by atoms with van der Waals surface area (Å²) in [6.45, 7) is 2.64. The molecule has 1 rings (SSSR count). The summed E-state index contributed by atoms with van der Waals surface area (Å²) < 4.78 is 36.3. The molecule has 0 heterocycles. The Hall–Kier alpha value is -2.07. The highest BCUT2D eigenvalue weighted by atomic mass is 19.4. The Kier molecular flexibility index (Phi) is 5.53. The topological polar surface area (TPSA) is 64.9 Å². The van der Waals surface area contributed by atoms with Gasteiger partial charge in [-0.3, -0.25) is 4.79 Å². The number of benzene rings is 1. The number of hydrogen-bond donors (Lipinski definition) is 2. The molecule has 1 unspecified atom stereocenters. The van der Waals surface area contributed by atoms with Gasteiger partial charge in [0, 0.05) is 18.8 Å². The van der Waals surface area contributed by atoms with Crippen LogP contribution in [0.5, 0.6) is 0 Å². The number of nitrogens with one attached hydrogen (secondary N) is 2. The maximum atomic E-state index is 12.1. The van der Waals surface area contributed by atoms with Crippen LogP contribution in [0.3, 0.4) is 0 Å². The first-order valence-electron chi connectivity index (χ1n) is 5.90. The summed E-state index contributed by atoms with van der Waals surface area (Å²) in [6.07, 6.45) is -4.91. The van der Waals surface area contributed by atoms with E-state index in [2.05, 4.69) is 11.4 Å². The largest absolute Gasteiger partial charge is 0.471 e. The van der Waals surface area contributed by atoms with E-state index < -0.39 is 12.1 Å². The third-order valence-electron chi connectivity index (χ3n) is 2.44. The van der Waals surface area contributed by atoms with E-state index in [1.165, 1.54) is 12.1 Å². The van der Waals surface area contributed by atoms with E-state index in [9.17, 15) is 18.0 Å². The summed E-state index contributed by atoms with van der Waals surface area (Å²) in [4.78, 5) is 10.8. The van der Waals surface area contributed by atoms with Gasteiger partial charge in [-0.15, -0.1) is 0 Å². The van der Waals surface area contributed by atoms with Gasteiger partial charge < -0.3 is 10.6 Å². The maximum absolute atomic E-state index is 12.1. The van der Waals surface area contributed by atoms with Gasteiger partial charge in [-0.05, 0) is 24.6 Å². The lowest BCUT2D eigenvalue weighted by molar-refractivity contribution is -0.167. The van der Waals surface area contributed by atoms with E-state index >= 15 is 0 Å². The van der Waals surface area contributed by atoms with E-state index in [1.54, 1.807) is 24.4 Å². The molecule has 0 saturated heterocycles. The van der Waals surface area contributed by atoms with E-state index in [4.69, 9.17) is 5.26 Å². The number of nitrogens with zero attached hydrogens (tertiary/aromatic N) is 1. The summed E-state index contributed by atoms with van der Waals surface area (Å²) >= 11 is 0. The molecule has 0 saturated carbocycles. The van der Waals surface area contributed by atoms with Crippen LogP contribution in [0.15, 0.2) is 24.3 Å². The van der Waals surface area contributed by atoms with Crippen LogP contribution in [0.25, 0.3) is 0 Å². The van der Waals surface area contributed by atoms with Gasteiger partial charge in [-0.1, -0.05) is 12.1 Å². The van der Waals surface area contributed by atoms with Gasteiger partial charge in [0.05, 0.1) is 12.0 Å². The lowest BCUT2D eigenvalue weighted by Crippen LogP contribution is -2.30. The molecule has 1 atom stereocenters. The molecule has 20 heavy (non-hydrogen) atoms. The third kappa shape index (κ3) is 5.28. The fourth-order valence-corrected chi connectivity index (χ4v) is 1.44. The first-order chi connectivity index (χ1) is 9.32. The molecule has 7 heteroatoms. The standard InChI is InChI=1S/C13H14F3N3O/c1-9(6-17)7-18-8-10-3-2-4-11(5-10)19-12(20)13(14,15)16/h2-5,9,18H,7-8H2,1H3,(H,19,20). The zero-order chi connectivity index (χ0) is 15.2. The molecule has 0 fully saturated rings. The van der Waals surface area contributed by atoms with Crippen LogP contribution in [0.1, 0.15) is 12.5 Å². The lowest BCUT2D eigenvalue weighted by Gasteiger charge is -2.10. The average molecular weight is 285 g/mol. The molecule has 0 radical (unpaired) electrons. The summed E-state index contributed by atoms with van der Waals surface area (Å²) in [7, 11) is 0. The summed E-state index contributed by atoms with van der Waals surface area (Å²) in [5, 5.41) is 13.4. The molecule has 0 aliphatic heterocycles. The van der Waals surface area contributed by atoms with Gasteiger partial charge >= 0.3 is 12.1 Å². The Bertz CT molecular complexity index is 508. The Morgan fingerprint density at radius 1 is 1.45 bits per heavy atom. The Labute approximate surface area is 114 Å². The Morgan fingerprint density at radius 3 is 2.75 bits per heavy atom. The number of carbonyl (C=O) groups is 1. The number of nitriles is 1. The van der Waals surface area contributed by atoms with Crippen molar-refractivity contribution in [3.63, 3.8) is 0 Å². The molecule has 1 aromatic rings. The summed E-state index contributed by atoms with van der Waals surface area (Å²) in [5.41, 5.74) is 0.801. The minimum Gasteiger partial charge on any atom is -0.318 e. The molecule has 0 bridgehead atoms. The number of halogens is 3. The minimum absolute atomic E-state index is 0.0833. The summed E-state index contributed by atoms with van der Waals surface area (Å²) in [6, 6.07) is 8.16. The normalized spacial score (nSPS) is 12.6. The number of anilines is 1. The van der Waals surface area contributed by atoms with Crippen molar-refractivity contribution >= 4 is 11.6 Å². The number of amides is 1. The van der Waals surface area contributed by atoms with Crippen LogP contribution >= 0.6 is 0 Å². The SMILES string of the molecule is CC(C#N)CNCc1cccc(NC(=O)C(F)(F)F)c1. The van der Waals surface area contributed by atoms with E-state index in [-0.39, 0.29) is 11.6 Å². The van der Waals surface area contributed by atoms with Crippen molar-refractivity contribution in [2.45, 2.75) is 19.6 Å². The predicted molar refractivity (Wildman–Crippen MR) is 67.6 cm³/mol. The first-order valence-corrected chi connectivity index (χ1v) is 5.90. The van der Waals surface area contributed by atoms with E-state index in [0.29, 0.717) is 13.1 Å². The second kappa shape index (κ2) is 6.91. The van der Waals surface area contributed by atoms with Gasteiger partial charge in [0.1, 0.15) is 0 Å². The molecule has 0 spiro atoms. The highest BCUT2D eigenvalue weighted by Crippen LogP contribution is 2.18. The zero-order valence-corrected chi connectivity index (χ0v) is 10.8. The highest BCUT2D eigenvalue weighted by molar-refractivity contribution is 5.94. The number of rotatable bonds is 5. The fraction of sp³-hybridized carbons (Fsp3) is 0.385. The van der Waals surface area contributed by atoms with Gasteiger partial charge in [0.15, 0.2) is 0 Å². The molecular weight excluding hydrogens is 271 g/mol. The predicted octanol–water partition coefficient (Wildman–Crippen LogP) is 2.44. The van der Waals surface area contributed by atoms with Crippen molar-refractivity contribution in [2.75, 3.05) is 11.9 Å². The van der Waals surface area contributed by atoms with Crippen LogP contribution < -0.4 is 10.6 Å². The van der Waals surface area contributed by atoms with Gasteiger partial charge in [-0.2, -0.15) is 18.4 Å². The molecule has 108 valence electrons. The first kappa shape index (κ1) is 16.0. The minimum atomic E-state index is -4.91. The highest BCUT2D eigenvalue weighted by Gasteiger charge is 2.38. The van der Waals surface area contributed by atoms with Crippen molar-refractivity contribution in [1.29, 1.82) is 5.26 Å². The van der Waals surface area contributed by atoms with Crippen molar-refractivity contribution in [3.05, 3.63) is 29.8 Å². The monoisotopic (exact) mass is 285 g/mol. The number of carbonyl (C=O) groups excluding carboxylic acids is 1. The number of hydrogen-bond acceptors (Lipinski definition) is 3. The number of alkyl halides is 3. The zero-order valence-electron chi connectivity index (χ0n) is 10.8. The molecule has 0 aliphatic rings. The molecule has 2 N–H and O–H groups in total. The quantitative estimate of drug-likeness (QED) is 0.873. The van der Waals surface area contributed by atoms with Crippen molar-refractivity contribution < 1.29 is 18.0 Å². The maximum Gasteiger partial charge on any atom is 0.471 e. The smallest absolute Gasteiger partial charge is 0.318 e. The van der Waals surface area contributed by atoms with Crippen LogP contribution in [0, 0.1) is 17.2 Å². The van der Waals surface area contributed by atoms with Crippen molar-refractivity contribution in [3.8, 4) is 6.07 Å². The van der Waals surface area contributed by atoms with Gasteiger partial charge in [0.2, 0.25) is 0 Å². The third-order valence-corrected chi connectivity index (χ3v) is 2.44. The van der Waals surface area contributed by atoms with Crippen LogP contribution in [0.2, 0.25) is 0 Å². The summed E-state index contributed by atoms with van der Waals surface area (Å²) in [5.74, 6) is -2.15. The van der Waals surface area contributed by atoms with Crippen molar-refractivity contribution in [2.24, 2.45) is 5.92 Å². The molecular formula is C13H14F3N3O.